The zero-order valence-electron chi connectivity index (χ0n) is 9.21. The average Bonchev–Trinajstić information content (AvgIpc) is 2.78. The minimum Gasteiger partial charge on any atom is -0.363 e. The van der Waals surface area contributed by atoms with Gasteiger partial charge < -0.3 is 5.32 Å². The highest BCUT2D eigenvalue weighted by Gasteiger charge is 2.13. The Kier molecular flexibility index (Phi) is 3.10. The van der Waals surface area contributed by atoms with Gasteiger partial charge in [0, 0.05) is 18.6 Å². The van der Waals surface area contributed by atoms with Crippen LogP contribution in [0, 0.1) is 0 Å². The summed E-state index contributed by atoms with van der Waals surface area (Å²) < 4.78 is 23.0. The summed E-state index contributed by atoms with van der Waals surface area (Å²) >= 11 is 0. The quantitative estimate of drug-likeness (QED) is 0.841. The summed E-state index contributed by atoms with van der Waals surface area (Å²) in [5.41, 5.74) is 0.857. The van der Waals surface area contributed by atoms with Crippen LogP contribution >= 0.6 is 0 Å². The molecule has 2 N–H and O–H groups in total. The molecule has 0 amide bonds. The summed E-state index contributed by atoms with van der Waals surface area (Å²) in [5, 5.41) is 9.54. The van der Waals surface area contributed by atoms with E-state index in [-0.39, 0.29) is 4.90 Å². The van der Waals surface area contributed by atoms with Gasteiger partial charge in [-0.2, -0.15) is 5.10 Å². The number of pyridine rings is 1. The Labute approximate surface area is 99.0 Å². The molecular formula is C10H12N4O2S. The van der Waals surface area contributed by atoms with Crippen molar-refractivity contribution in [3.8, 4) is 0 Å². The van der Waals surface area contributed by atoms with Crippen molar-refractivity contribution in [2.45, 2.75) is 11.4 Å². The molecule has 0 bridgehead atoms. The van der Waals surface area contributed by atoms with Crippen LogP contribution in [0.1, 0.15) is 5.69 Å². The third kappa shape index (κ3) is 2.82. The maximum atomic E-state index is 11.5. The topological polar surface area (TPSA) is 87.7 Å². The van der Waals surface area contributed by atoms with Crippen LogP contribution in [0.3, 0.4) is 0 Å². The highest BCUT2D eigenvalue weighted by atomic mass is 32.2. The van der Waals surface area contributed by atoms with E-state index < -0.39 is 9.84 Å². The first-order valence-corrected chi connectivity index (χ1v) is 6.84. The summed E-state index contributed by atoms with van der Waals surface area (Å²) in [6.07, 6.45) is 4.34. The van der Waals surface area contributed by atoms with E-state index in [9.17, 15) is 8.42 Å². The normalized spacial score (nSPS) is 11.4. The molecule has 17 heavy (non-hydrogen) atoms. The standard InChI is InChI=1S/C10H12N4O2S/c1-17(15,16)9-3-2-5-11-10(9)12-7-8-4-6-13-14-8/h2-6H,7H2,1H3,(H,11,12)(H,13,14). The van der Waals surface area contributed by atoms with Gasteiger partial charge in [0.1, 0.15) is 10.7 Å². The third-order valence-corrected chi connectivity index (χ3v) is 3.30. The van der Waals surface area contributed by atoms with Gasteiger partial charge in [-0.15, -0.1) is 0 Å². The Balaban J connectivity index is 2.22. The molecule has 0 unspecified atom stereocenters. The highest BCUT2D eigenvalue weighted by molar-refractivity contribution is 7.90. The second-order valence-corrected chi connectivity index (χ2v) is 5.54. The molecule has 0 saturated heterocycles. The summed E-state index contributed by atoms with van der Waals surface area (Å²) in [6.45, 7) is 0.444. The van der Waals surface area contributed by atoms with Crippen molar-refractivity contribution < 1.29 is 8.42 Å². The minimum absolute atomic E-state index is 0.194. The molecule has 90 valence electrons. The Morgan fingerprint density at radius 1 is 1.35 bits per heavy atom. The van der Waals surface area contributed by atoms with Crippen molar-refractivity contribution in [2.24, 2.45) is 0 Å². The number of nitrogens with one attached hydrogen (secondary N) is 2. The first kappa shape index (κ1) is 11.6. The van der Waals surface area contributed by atoms with Crippen molar-refractivity contribution in [3.05, 3.63) is 36.3 Å². The maximum Gasteiger partial charge on any atom is 0.179 e. The van der Waals surface area contributed by atoms with Gasteiger partial charge in [0.25, 0.3) is 0 Å². The Morgan fingerprint density at radius 3 is 2.82 bits per heavy atom. The molecule has 2 heterocycles. The predicted octanol–water partition coefficient (Wildman–Crippen LogP) is 0.820. The molecule has 0 aliphatic rings. The van der Waals surface area contributed by atoms with E-state index >= 15 is 0 Å². The van der Waals surface area contributed by atoms with Gasteiger partial charge in [-0.25, -0.2) is 13.4 Å². The van der Waals surface area contributed by atoms with E-state index in [1.807, 2.05) is 0 Å². The van der Waals surface area contributed by atoms with Gasteiger partial charge in [0.15, 0.2) is 9.84 Å². The zero-order chi connectivity index (χ0) is 12.3. The number of aromatic nitrogens is 3. The second kappa shape index (κ2) is 4.54. The summed E-state index contributed by atoms with van der Waals surface area (Å²) in [5.74, 6) is 0.351. The van der Waals surface area contributed by atoms with Gasteiger partial charge in [-0.05, 0) is 18.2 Å². The molecule has 0 fully saturated rings. The van der Waals surface area contributed by atoms with Crippen LogP contribution in [0.4, 0.5) is 5.82 Å². The molecule has 2 aromatic heterocycles. The van der Waals surface area contributed by atoms with Crippen LogP contribution in [-0.2, 0) is 16.4 Å². The monoisotopic (exact) mass is 252 g/mol. The SMILES string of the molecule is CS(=O)(=O)c1cccnc1NCc1ccn[nH]1. The van der Waals surface area contributed by atoms with E-state index in [1.54, 1.807) is 24.5 Å². The van der Waals surface area contributed by atoms with Crippen LogP contribution < -0.4 is 5.32 Å². The fourth-order valence-corrected chi connectivity index (χ4v) is 2.19. The van der Waals surface area contributed by atoms with Crippen LogP contribution in [0.25, 0.3) is 0 Å². The van der Waals surface area contributed by atoms with Crippen molar-refractivity contribution >= 4 is 15.7 Å². The zero-order valence-corrected chi connectivity index (χ0v) is 10.0. The van der Waals surface area contributed by atoms with Gasteiger partial charge in [0.05, 0.1) is 12.2 Å². The lowest BCUT2D eigenvalue weighted by Gasteiger charge is -2.08. The van der Waals surface area contributed by atoms with Gasteiger partial charge in [-0.1, -0.05) is 0 Å². The summed E-state index contributed by atoms with van der Waals surface area (Å²) in [6, 6.07) is 4.92. The minimum atomic E-state index is -3.28. The van der Waals surface area contributed by atoms with E-state index in [1.165, 1.54) is 6.07 Å². The fourth-order valence-electron chi connectivity index (χ4n) is 1.38. The van der Waals surface area contributed by atoms with Crippen LogP contribution in [0.15, 0.2) is 35.5 Å². The van der Waals surface area contributed by atoms with Crippen LogP contribution in [0.2, 0.25) is 0 Å². The third-order valence-electron chi connectivity index (χ3n) is 2.17. The average molecular weight is 252 g/mol. The molecule has 0 aliphatic heterocycles. The molecule has 0 radical (unpaired) electrons. The number of hydrogen-bond donors (Lipinski definition) is 2. The molecule has 2 aromatic rings. The molecule has 0 saturated carbocycles. The van der Waals surface area contributed by atoms with Crippen molar-refractivity contribution in [1.82, 2.24) is 15.2 Å². The van der Waals surface area contributed by atoms with Crippen molar-refractivity contribution in [2.75, 3.05) is 11.6 Å². The lowest BCUT2D eigenvalue weighted by atomic mass is 10.4. The van der Waals surface area contributed by atoms with Gasteiger partial charge in [0.2, 0.25) is 0 Å². The van der Waals surface area contributed by atoms with E-state index in [4.69, 9.17) is 0 Å². The van der Waals surface area contributed by atoms with Gasteiger partial charge >= 0.3 is 0 Å². The number of H-pyrrole nitrogens is 1. The van der Waals surface area contributed by atoms with Crippen molar-refractivity contribution in [3.63, 3.8) is 0 Å². The predicted molar refractivity (Wildman–Crippen MR) is 63.3 cm³/mol. The molecule has 0 aliphatic carbocycles. The van der Waals surface area contributed by atoms with E-state index in [0.29, 0.717) is 12.4 Å². The van der Waals surface area contributed by atoms with Gasteiger partial charge in [-0.3, -0.25) is 5.10 Å². The second-order valence-electron chi connectivity index (χ2n) is 3.56. The van der Waals surface area contributed by atoms with Crippen molar-refractivity contribution in [1.29, 1.82) is 0 Å². The first-order valence-electron chi connectivity index (χ1n) is 4.94. The number of anilines is 1. The number of rotatable bonds is 4. The molecular weight excluding hydrogens is 240 g/mol. The lowest BCUT2D eigenvalue weighted by Crippen LogP contribution is -2.08. The largest absolute Gasteiger partial charge is 0.363 e. The smallest absolute Gasteiger partial charge is 0.179 e. The van der Waals surface area contributed by atoms with E-state index in [2.05, 4.69) is 20.5 Å². The van der Waals surface area contributed by atoms with Crippen LogP contribution in [-0.4, -0.2) is 29.9 Å². The number of nitrogens with zero attached hydrogens (tertiary/aromatic N) is 2. The Morgan fingerprint density at radius 2 is 2.18 bits per heavy atom. The van der Waals surface area contributed by atoms with Crippen LogP contribution in [0.5, 0.6) is 0 Å². The lowest BCUT2D eigenvalue weighted by molar-refractivity contribution is 0.601. The molecule has 7 heteroatoms. The number of hydrogen-bond acceptors (Lipinski definition) is 5. The number of sulfone groups is 1. The molecule has 0 spiro atoms. The summed E-state index contributed by atoms with van der Waals surface area (Å²) in [7, 11) is -3.28. The first-order chi connectivity index (χ1) is 8.07. The Hall–Kier alpha value is -1.89. The molecule has 0 atom stereocenters. The molecule has 0 aromatic carbocycles. The molecule has 2 rings (SSSR count). The molecule has 6 nitrogen and oxygen atoms in total. The fraction of sp³-hybridized carbons (Fsp3) is 0.200. The maximum absolute atomic E-state index is 11.5. The van der Waals surface area contributed by atoms with E-state index in [0.717, 1.165) is 11.9 Å². The Bertz CT molecular complexity index is 593. The highest BCUT2D eigenvalue weighted by Crippen LogP contribution is 2.17. The number of aromatic amines is 1. The summed E-state index contributed by atoms with van der Waals surface area (Å²) in [4.78, 5) is 4.21.